The van der Waals surface area contributed by atoms with Gasteiger partial charge in [0.2, 0.25) is 6.79 Å². The minimum Gasteiger partial charge on any atom is -0.481 e. The molecule has 17 heavy (non-hydrogen) atoms. The highest BCUT2D eigenvalue weighted by atomic mass is 35.5. The van der Waals surface area contributed by atoms with Gasteiger partial charge < -0.3 is 14.6 Å². The molecule has 94 valence electrons. The molecule has 0 amide bonds. The normalized spacial score (nSPS) is 14.3. The summed E-state index contributed by atoms with van der Waals surface area (Å²) < 4.78 is 10.4. The molecule has 1 aromatic rings. The summed E-state index contributed by atoms with van der Waals surface area (Å²) in [5.41, 5.74) is 0.756. The molecular formula is C12H15ClO4. The van der Waals surface area contributed by atoms with E-state index in [2.05, 4.69) is 0 Å². The Morgan fingerprint density at radius 1 is 1.29 bits per heavy atom. The number of halogens is 1. The van der Waals surface area contributed by atoms with E-state index in [4.69, 9.17) is 9.47 Å². The maximum absolute atomic E-state index is 11.2. The van der Waals surface area contributed by atoms with Crippen LogP contribution in [0.4, 0.5) is 0 Å². The van der Waals surface area contributed by atoms with E-state index < -0.39 is 11.9 Å². The maximum Gasteiger partial charge on any atom is 0.311 e. The Labute approximate surface area is 106 Å². The molecular weight excluding hydrogens is 244 g/mol. The minimum absolute atomic E-state index is 0. The Morgan fingerprint density at radius 3 is 2.53 bits per heavy atom. The number of benzene rings is 1. The molecule has 1 atom stereocenters. The molecule has 5 heteroatoms. The van der Waals surface area contributed by atoms with Gasteiger partial charge in [-0.2, -0.15) is 0 Å². The Bertz CT molecular complexity index is 417. The number of carboxylic acids is 1. The summed E-state index contributed by atoms with van der Waals surface area (Å²) in [4.78, 5) is 11.2. The summed E-state index contributed by atoms with van der Waals surface area (Å²) in [5.74, 6) is 0.0299. The number of fused-ring (bicyclic) bond motifs is 1. The largest absolute Gasteiger partial charge is 0.481 e. The van der Waals surface area contributed by atoms with Crippen LogP contribution in [0.25, 0.3) is 0 Å². The van der Waals surface area contributed by atoms with Crippen molar-refractivity contribution in [2.75, 3.05) is 6.79 Å². The molecule has 1 unspecified atom stereocenters. The van der Waals surface area contributed by atoms with Crippen LogP contribution in [0.3, 0.4) is 0 Å². The van der Waals surface area contributed by atoms with Crippen LogP contribution >= 0.6 is 12.4 Å². The average molecular weight is 259 g/mol. The van der Waals surface area contributed by atoms with E-state index in [0.717, 1.165) is 5.56 Å². The lowest BCUT2D eigenvalue weighted by Crippen LogP contribution is -2.17. The number of hydrogen-bond acceptors (Lipinski definition) is 3. The minimum atomic E-state index is -0.811. The smallest absolute Gasteiger partial charge is 0.311 e. The van der Waals surface area contributed by atoms with E-state index >= 15 is 0 Å². The predicted octanol–water partition coefficient (Wildman–Crippen LogP) is 2.66. The van der Waals surface area contributed by atoms with Crippen LogP contribution in [-0.4, -0.2) is 17.9 Å². The van der Waals surface area contributed by atoms with E-state index in [1.165, 1.54) is 0 Å². The van der Waals surface area contributed by atoms with Gasteiger partial charge in [0, 0.05) is 0 Å². The van der Waals surface area contributed by atoms with E-state index in [1.807, 2.05) is 13.8 Å². The van der Waals surface area contributed by atoms with Crippen molar-refractivity contribution >= 4 is 18.4 Å². The first kappa shape index (κ1) is 13.6. The van der Waals surface area contributed by atoms with Gasteiger partial charge in [-0.1, -0.05) is 19.9 Å². The molecule has 0 radical (unpaired) electrons. The number of hydrogen-bond donors (Lipinski definition) is 1. The zero-order chi connectivity index (χ0) is 11.7. The third-order valence-electron chi connectivity index (χ3n) is 2.69. The zero-order valence-electron chi connectivity index (χ0n) is 9.67. The first-order chi connectivity index (χ1) is 7.59. The molecule has 0 saturated carbocycles. The summed E-state index contributed by atoms with van der Waals surface area (Å²) in [6.07, 6.45) is 0. The van der Waals surface area contributed by atoms with Crippen LogP contribution in [0.5, 0.6) is 11.5 Å². The molecule has 1 aliphatic heterocycles. The number of aliphatic carboxylic acids is 1. The van der Waals surface area contributed by atoms with Gasteiger partial charge in [0.25, 0.3) is 0 Å². The van der Waals surface area contributed by atoms with Crippen LogP contribution in [0.1, 0.15) is 25.3 Å². The van der Waals surface area contributed by atoms with Crippen molar-refractivity contribution in [3.8, 4) is 11.5 Å². The fourth-order valence-corrected chi connectivity index (χ4v) is 1.92. The number of ether oxygens (including phenoxy) is 2. The third kappa shape index (κ3) is 2.64. The molecule has 0 saturated heterocycles. The van der Waals surface area contributed by atoms with Crippen LogP contribution in [0.15, 0.2) is 18.2 Å². The monoisotopic (exact) mass is 258 g/mol. The maximum atomic E-state index is 11.2. The molecule has 1 aromatic carbocycles. The lowest BCUT2D eigenvalue weighted by atomic mass is 9.88. The van der Waals surface area contributed by atoms with Crippen molar-refractivity contribution < 1.29 is 19.4 Å². The second-order valence-corrected chi connectivity index (χ2v) is 4.17. The first-order valence-corrected chi connectivity index (χ1v) is 5.22. The van der Waals surface area contributed by atoms with E-state index in [9.17, 15) is 9.90 Å². The molecule has 0 aromatic heterocycles. The molecule has 0 bridgehead atoms. The van der Waals surface area contributed by atoms with Gasteiger partial charge in [-0.25, -0.2) is 0 Å². The number of carbonyl (C=O) groups is 1. The van der Waals surface area contributed by atoms with Gasteiger partial charge in [0.05, 0.1) is 5.92 Å². The second kappa shape index (κ2) is 5.27. The Kier molecular flexibility index (Phi) is 4.23. The summed E-state index contributed by atoms with van der Waals surface area (Å²) >= 11 is 0. The van der Waals surface area contributed by atoms with Gasteiger partial charge in [0.15, 0.2) is 11.5 Å². The quantitative estimate of drug-likeness (QED) is 0.906. The Morgan fingerprint density at radius 2 is 1.94 bits per heavy atom. The summed E-state index contributed by atoms with van der Waals surface area (Å²) in [7, 11) is 0. The lowest BCUT2D eigenvalue weighted by molar-refractivity contribution is -0.139. The van der Waals surface area contributed by atoms with Gasteiger partial charge in [-0.15, -0.1) is 12.4 Å². The second-order valence-electron chi connectivity index (χ2n) is 4.17. The molecule has 1 heterocycles. The highest BCUT2D eigenvalue weighted by Crippen LogP contribution is 2.36. The molecule has 0 spiro atoms. The molecule has 1 N–H and O–H groups in total. The number of rotatable bonds is 3. The van der Waals surface area contributed by atoms with Crippen LogP contribution in [0, 0.1) is 5.92 Å². The van der Waals surface area contributed by atoms with Crippen molar-refractivity contribution in [3.63, 3.8) is 0 Å². The molecule has 0 fully saturated rings. The molecule has 2 rings (SSSR count). The van der Waals surface area contributed by atoms with Crippen LogP contribution in [0.2, 0.25) is 0 Å². The van der Waals surface area contributed by atoms with Crippen molar-refractivity contribution in [2.45, 2.75) is 19.8 Å². The first-order valence-electron chi connectivity index (χ1n) is 5.22. The average Bonchev–Trinajstić information content (AvgIpc) is 2.63. The van der Waals surface area contributed by atoms with Gasteiger partial charge in [0.1, 0.15) is 0 Å². The molecule has 4 nitrogen and oxygen atoms in total. The van der Waals surface area contributed by atoms with E-state index in [1.54, 1.807) is 18.2 Å². The van der Waals surface area contributed by atoms with E-state index in [-0.39, 0.29) is 25.1 Å². The summed E-state index contributed by atoms with van der Waals surface area (Å²) in [5, 5.41) is 9.17. The Balaban J connectivity index is 0.00000144. The predicted molar refractivity (Wildman–Crippen MR) is 65.0 cm³/mol. The SMILES string of the molecule is CC(C)C(C(=O)O)c1ccc2c(c1)OCO2.Cl. The van der Waals surface area contributed by atoms with Crippen molar-refractivity contribution in [1.29, 1.82) is 0 Å². The molecule has 0 aliphatic carbocycles. The van der Waals surface area contributed by atoms with Crippen LogP contribution < -0.4 is 9.47 Å². The van der Waals surface area contributed by atoms with E-state index in [0.29, 0.717) is 11.5 Å². The fraction of sp³-hybridized carbons (Fsp3) is 0.417. The highest BCUT2D eigenvalue weighted by molar-refractivity contribution is 5.85. The van der Waals surface area contributed by atoms with Gasteiger partial charge in [-0.05, 0) is 23.6 Å². The van der Waals surface area contributed by atoms with Gasteiger partial charge >= 0.3 is 5.97 Å². The zero-order valence-corrected chi connectivity index (χ0v) is 10.5. The van der Waals surface area contributed by atoms with Crippen LogP contribution in [-0.2, 0) is 4.79 Å². The highest BCUT2D eigenvalue weighted by Gasteiger charge is 2.25. The summed E-state index contributed by atoms with van der Waals surface area (Å²) in [6.45, 7) is 3.99. The van der Waals surface area contributed by atoms with Gasteiger partial charge in [-0.3, -0.25) is 4.79 Å². The van der Waals surface area contributed by atoms with Crippen molar-refractivity contribution in [1.82, 2.24) is 0 Å². The lowest BCUT2D eigenvalue weighted by Gasteiger charge is -2.16. The Hall–Kier alpha value is -1.42. The molecule has 1 aliphatic rings. The van der Waals surface area contributed by atoms with Crippen molar-refractivity contribution in [3.05, 3.63) is 23.8 Å². The van der Waals surface area contributed by atoms with Crippen molar-refractivity contribution in [2.24, 2.45) is 5.92 Å². The fourth-order valence-electron chi connectivity index (χ4n) is 1.92. The third-order valence-corrected chi connectivity index (χ3v) is 2.69. The topological polar surface area (TPSA) is 55.8 Å². The summed E-state index contributed by atoms with van der Waals surface area (Å²) in [6, 6.07) is 5.30. The number of carboxylic acid groups (broad SMARTS) is 1. The standard InChI is InChI=1S/C12H14O4.ClH/c1-7(2)11(12(13)14)8-3-4-9-10(5-8)16-6-15-9;/h3-5,7,11H,6H2,1-2H3,(H,13,14);1H.